The number of carboxylic acid groups (broad SMARTS) is 1. The Bertz CT molecular complexity index is 549. The first-order valence-electron chi connectivity index (χ1n) is 6.14. The van der Waals surface area contributed by atoms with Crippen LogP contribution >= 0.6 is 0 Å². The van der Waals surface area contributed by atoms with Crippen LogP contribution in [0.15, 0.2) is 54.6 Å². The molecule has 0 aromatic heterocycles. The Kier molecular flexibility index (Phi) is 4.18. The van der Waals surface area contributed by atoms with Crippen LogP contribution in [0.2, 0.25) is 0 Å². The first-order chi connectivity index (χ1) is 9.18. The Morgan fingerprint density at radius 3 is 2.37 bits per heavy atom. The van der Waals surface area contributed by atoms with Crippen LogP contribution in [0.3, 0.4) is 0 Å². The maximum absolute atomic E-state index is 10.6. The Hall–Kier alpha value is -2.29. The topological polar surface area (TPSA) is 46.5 Å². The Morgan fingerprint density at radius 1 is 1.11 bits per heavy atom. The van der Waals surface area contributed by atoms with Crippen molar-refractivity contribution < 1.29 is 14.6 Å². The summed E-state index contributed by atoms with van der Waals surface area (Å²) in [5.41, 5.74) is 3.28. The van der Waals surface area contributed by atoms with Crippen molar-refractivity contribution in [1.29, 1.82) is 0 Å². The molecule has 1 unspecified atom stereocenters. The third-order valence-corrected chi connectivity index (χ3v) is 3.14. The lowest BCUT2D eigenvalue weighted by atomic mass is 9.89. The van der Waals surface area contributed by atoms with Crippen LogP contribution in [0.4, 0.5) is 4.79 Å². The van der Waals surface area contributed by atoms with Gasteiger partial charge in [0.05, 0.1) is 0 Å². The van der Waals surface area contributed by atoms with E-state index in [2.05, 4.69) is 0 Å². The van der Waals surface area contributed by atoms with Crippen molar-refractivity contribution in [3.8, 4) is 0 Å². The van der Waals surface area contributed by atoms with Gasteiger partial charge in [0.1, 0.15) is 6.61 Å². The summed E-state index contributed by atoms with van der Waals surface area (Å²) in [4.78, 5) is 10.6. The van der Waals surface area contributed by atoms with Crippen molar-refractivity contribution >= 4 is 6.16 Å². The first kappa shape index (κ1) is 13.1. The monoisotopic (exact) mass is 256 g/mol. The molecule has 0 amide bonds. The van der Waals surface area contributed by atoms with Crippen molar-refractivity contribution in [3.05, 3.63) is 71.3 Å². The third kappa shape index (κ3) is 3.35. The molecule has 0 spiro atoms. The molecule has 0 radical (unpaired) electrons. The fourth-order valence-electron chi connectivity index (χ4n) is 2.18. The minimum absolute atomic E-state index is 0.0708. The highest BCUT2D eigenvalue weighted by atomic mass is 16.7. The lowest BCUT2D eigenvalue weighted by Crippen LogP contribution is -2.13. The molecule has 3 nitrogen and oxygen atoms in total. The summed E-state index contributed by atoms with van der Waals surface area (Å²) in [7, 11) is 0. The van der Waals surface area contributed by atoms with E-state index in [1.54, 1.807) is 0 Å². The summed E-state index contributed by atoms with van der Waals surface area (Å²) < 4.78 is 4.78. The summed E-state index contributed by atoms with van der Waals surface area (Å²) >= 11 is 0. The molecule has 0 fully saturated rings. The SMILES string of the molecule is Cc1ccccc1C(COC(=O)O)c1ccccc1. The predicted molar refractivity (Wildman–Crippen MR) is 73.4 cm³/mol. The average Bonchev–Trinajstić information content (AvgIpc) is 2.42. The molecule has 1 N–H and O–H groups in total. The summed E-state index contributed by atoms with van der Waals surface area (Å²) in [6, 6.07) is 17.8. The molecule has 0 saturated carbocycles. The van der Waals surface area contributed by atoms with E-state index in [1.807, 2.05) is 61.5 Å². The summed E-state index contributed by atoms with van der Waals surface area (Å²) in [6.45, 7) is 2.15. The number of hydrogen-bond donors (Lipinski definition) is 1. The molecule has 3 heteroatoms. The molecule has 19 heavy (non-hydrogen) atoms. The molecule has 0 aliphatic heterocycles. The lowest BCUT2D eigenvalue weighted by molar-refractivity contribution is 0.0888. The van der Waals surface area contributed by atoms with Crippen molar-refractivity contribution in [2.24, 2.45) is 0 Å². The van der Waals surface area contributed by atoms with Crippen LogP contribution in [0.5, 0.6) is 0 Å². The van der Waals surface area contributed by atoms with Gasteiger partial charge < -0.3 is 9.84 Å². The van der Waals surface area contributed by atoms with Gasteiger partial charge in [-0.25, -0.2) is 4.79 Å². The van der Waals surface area contributed by atoms with Crippen molar-refractivity contribution in [2.75, 3.05) is 6.61 Å². The van der Waals surface area contributed by atoms with E-state index in [0.29, 0.717) is 0 Å². The quantitative estimate of drug-likeness (QED) is 0.846. The predicted octanol–water partition coefficient (Wildman–Crippen LogP) is 3.82. The number of ether oxygens (including phenoxy) is 1. The Morgan fingerprint density at radius 2 is 1.74 bits per heavy atom. The van der Waals surface area contributed by atoms with Crippen LogP contribution in [-0.2, 0) is 4.74 Å². The van der Waals surface area contributed by atoms with Gasteiger partial charge in [0.15, 0.2) is 0 Å². The molecule has 0 saturated heterocycles. The molecule has 0 aliphatic carbocycles. The largest absolute Gasteiger partial charge is 0.505 e. The zero-order chi connectivity index (χ0) is 13.7. The van der Waals surface area contributed by atoms with Crippen molar-refractivity contribution in [2.45, 2.75) is 12.8 Å². The molecule has 2 aromatic carbocycles. The number of aryl methyl sites for hydroxylation is 1. The molecular weight excluding hydrogens is 240 g/mol. The van der Waals surface area contributed by atoms with E-state index in [9.17, 15) is 4.79 Å². The van der Waals surface area contributed by atoms with E-state index in [4.69, 9.17) is 9.84 Å². The van der Waals surface area contributed by atoms with Gasteiger partial charge in [0.25, 0.3) is 0 Å². The molecule has 0 heterocycles. The average molecular weight is 256 g/mol. The summed E-state index contributed by atoms with van der Waals surface area (Å²) in [5.74, 6) is -0.0708. The maximum Gasteiger partial charge on any atom is 0.505 e. The van der Waals surface area contributed by atoms with Gasteiger partial charge in [-0.1, -0.05) is 54.6 Å². The fraction of sp³-hybridized carbons (Fsp3) is 0.188. The molecule has 0 bridgehead atoms. The van der Waals surface area contributed by atoms with Gasteiger partial charge >= 0.3 is 6.16 Å². The highest BCUT2D eigenvalue weighted by Gasteiger charge is 2.17. The highest BCUT2D eigenvalue weighted by Crippen LogP contribution is 2.27. The van der Waals surface area contributed by atoms with Gasteiger partial charge in [-0.15, -0.1) is 0 Å². The highest BCUT2D eigenvalue weighted by molar-refractivity contribution is 5.57. The van der Waals surface area contributed by atoms with Crippen LogP contribution in [0.1, 0.15) is 22.6 Å². The number of carbonyl (C=O) groups is 1. The number of hydrogen-bond acceptors (Lipinski definition) is 2. The van der Waals surface area contributed by atoms with Crippen molar-refractivity contribution in [1.82, 2.24) is 0 Å². The van der Waals surface area contributed by atoms with E-state index in [1.165, 1.54) is 0 Å². The molecule has 0 aliphatic rings. The molecule has 2 rings (SSSR count). The lowest BCUT2D eigenvalue weighted by Gasteiger charge is -2.19. The van der Waals surface area contributed by atoms with E-state index in [-0.39, 0.29) is 12.5 Å². The zero-order valence-electron chi connectivity index (χ0n) is 10.7. The van der Waals surface area contributed by atoms with Gasteiger partial charge in [-0.05, 0) is 23.6 Å². The molecule has 1 atom stereocenters. The standard InChI is InChI=1S/C16H16O3/c1-12-7-5-6-10-14(12)15(11-19-16(17)18)13-8-3-2-4-9-13/h2-10,15H,11H2,1H3,(H,17,18). The fourth-order valence-corrected chi connectivity index (χ4v) is 2.18. The van der Waals surface area contributed by atoms with Crippen LogP contribution in [0.25, 0.3) is 0 Å². The third-order valence-electron chi connectivity index (χ3n) is 3.14. The van der Waals surface area contributed by atoms with Gasteiger partial charge in [-0.2, -0.15) is 0 Å². The van der Waals surface area contributed by atoms with Crippen LogP contribution in [0, 0.1) is 6.92 Å². The number of benzene rings is 2. The van der Waals surface area contributed by atoms with Crippen molar-refractivity contribution in [3.63, 3.8) is 0 Å². The molecule has 2 aromatic rings. The van der Waals surface area contributed by atoms with Crippen LogP contribution < -0.4 is 0 Å². The zero-order valence-corrected chi connectivity index (χ0v) is 10.7. The van der Waals surface area contributed by atoms with Gasteiger partial charge in [0, 0.05) is 5.92 Å². The van der Waals surface area contributed by atoms with Gasteiger partial charge in [-0.3, -0.25) is 0 Å². The van der Waals surface area contributed by atoms with E-state index >= 15 is 0 Å². The smallest absolute Gasteiger partial charge is 0.450 e. The van der Waals surface area contributed by atoms with E-state index < -0.39 is 6.16 Å². The van der Waals surface area contributed by atoms with Crippen LogP contribution in [-0.4, -0.2) is 17.9 Å². The second kappa shape index (κ2) is 6.05. The molecular formula is C16H16O3. The minimum atomic E-state index is -1.24. The normalized spacial score (nSPS) is 11.8. The minimum Gasteiger partial charge on any atom is -0.450 e. The second-order valence-electron chi connectivity index (χ2n) is 4.40. The Balaban J connectivity index is 2.35. The first-order valence-corrected chi connectivity index (χ1v) is 6.14. The number of rotatable bonds is 4. The van der Waals surface area contributed by atoms with Gasteiger partial charge in [0.2, 0.25) is 0 Å². The Labute approximate surface area is 112 Å². The summed E-state index contributed by atoms with van der Waals surface area (Å²) in [6.07, 6.45) is -1.24. The molecule has 98 valence electrons. The summed E-state index contributed by atoms with van der Waals surface area (Å²) in [5, 5.41) is 8.70. The van der Waals surface area contributed by atoms with E-state index in [0.717, 1.165) is 16.7 Å². The maximum atomic E-state index is 10.6. The second-order valence-corrected chi connectivity index (χ2v) is 4.40.